The molecule has 21 heavy (non-hydrogen) atoms. The minimum atomic E-state index is 0.322. The molecule has 0 heterocycles. The van der Waals surface area contributed by atoms with Crippen molar-refractivity contribution in [1.82, 2.24) is 5.32 Å². The molecule has 0 bridgehead atoms. The van der Waals surface area contributed by atoms with Crippen LogP contribution in [0.1, 0.15) is 31.2 Å². The van der Waals surface area contributed by atoms with Crippen LogP contribution in [0.4, 0.5) is 0 Å². The Bertz CT molecular complexity index is 411. The lowest BCUT2D eigenvalue weighted by Gasteiger charge is -2.28. The molecule has 2 rings (SSSR count). The van der Waals surface area contributed by atoms with Crippen molar-refractivity contribution in [3.8, 4) is 5.75 Å². The fraction of sp³-hybridized carbons (Fsp3) is 0.647. The van der Waals surface area contributed by atoms with Gasteiger partial charge >= 0.3 is 0 Å². The van der Waals surface area contributed by atoms with Crippen LogP contribution in [0.15, 0.2) is 24.3 Å². The number of ether oxygens (including phenoxy) is 3. The van der Waals surface area contributed by atoms with Crippen LogP contribution in [-0.2, 0) is 16.0 Å². The van der Waals surface area contributed by atoms with E-state index in [2.05, 4.69) is 17.4 Å². The van der Waals surface area contributed by atoms with Crippen molar-refractivity contribution >= 4 is 0 Å². The monoisotopic (exact) mass is 293 g/mol. The third kappa shape index (κ3) is 5.65. The molecule has 1 aromatic carbocycles. The van der Waals surface area contributed by atoms with E-state index in [-0.39, 0.29) is 0 Å². The van der Waals surface area contributed by atoms with Crippen molar-refractivity contribution in [2.75, 3.05) is 27.4 Å². The first-order valence-electron chi connectivity index (χ1n) is 7.82. The second-order valence-electron chi connectivity index (χ2n) is 5.54. The van der Waals surface area contributed by atoms with Gasteiger partial charge in [-0.2, -0.15) is 0 Å². The number of nitrogens with one attached hydrogen (secondary N) is 1. The van der Waals surface area contributed by atoms with Crippen molar-refractivity contribution in [2.24, 2.45) is 0 Å². The van der Waals surface area contributed by atoms with Gasteiger partial charge in [0.15, 0.2) is 0 Å². The van der Waals surface area contributed by atoms with E-state index >= 15 is 0 Å². The van der Waals surface area contributed by atoms with Crippen LogP contribution in [0.2, 0.25) is 0 Å². The average molecular weight is 293 g/mol. The number of methoxy groups -OCH3 is 1. The summed E-state index contributed by atoms with van der Waals surface area (Å²) in [6.07, 6.45) is 5.18. The normalized spacial score (nSPS) is 22.2. The molecule has 4 heteroatoms. The first-order chi connectivity index (χ1) is 10.3. The van der Waals surface area contributed by atoms with Crippen LogP contribution in [0.5, 0.6) is 5.75 Å². The van der Waals surface area contributed by atoms with E-state index in [0.717, 1.165) is 31.6 Å². The fourth-order valence-corrected chi connectivity index (χ4v) is 2.79. The van der Waals surface area contributed by atoms with E-state index in [1.807, 2.05) is 19.2 Å². The molecule has 1 aliphatic carbocycles. The highest BCUT2D eigenvalue weighted by Crippen LogP contribution is 2.23. The third-order valence-electron chi connectivity index (χ3n) is 3.90. The van der Waals surface area contributed by atoms with Gasteiger partial charge in [0.1, 0.15) is 12.4 Å². The van der Waals surface area contributed by atoms with E-state index in [4.69, 9.17) is 14.2 Å². The minimum absolute atomic E-state index is 0.322. The van der Waals surface area contributed by atoms with Crippen molar-refractivity contribution in [1.29, 1.82) is 0 Å². The molecule has 2 atom stereocenters. The maximum Gasteiger partial charge on any atom is 0.119 e. The largest absolute Gasteiger partial charge is 0.491 e. The lowest BCUT2D eigenvalue weighted by atomic mass is 9.95. The Morgan fingerprint density at radius 3 is 2.86 bits per heavy atom. The molecule has 1 fully saturated rings. The number of hydrogen-bond donors (Lipinski definition) is 1. The lowest BCUT2D eigenvalue weighted by Crippen LogP contribution is -2.28. The summed E-state index contributed by atoms with van der Waals surface area (Å²) in [6.45, 7) is 2.09. The standard InChI is InChI=1S/C17H27NO3/c1-18-13-14-5-3-7-16(11-14)20-9-10-21-17-8-4-6-15(12-17)19-2/h3,5,7,11,15,17-18H,4,6,8-10,12-13H2,1-2H3. The molecule has 0 radical (unpaired) electrons. The molecule has 1 N–H and O–H groups in total. The molecular weight excluding hydrogens is 266 g/mol. The zero-order valence-corrected chi connectivity index (χ0v) is 13.1. The lowest BCUT2D eigenvalue weighted by molar-refractivity contribution is -0.0362. The van der Waals surface area contributed by atoms with Crippen LogP contribution in [-0.4, -0.2) is 39.6 Å². The first-order valence-corrected chi connectivity index (χ1v) is 7.82. The van der Waals surface area contributed by atoms with E-state index in [1.165, 1.54) is 12.0 Å². The molecule has 0 aromatic heterocycles. The van der Waals surface area contributed by atoms with Crippen LogP contribution in [0, 0.1) is 0 Å². The molecular formula is C17H27NO3. The van der Waals surface area contributed by atoms with Gasteiger partial charge in [0.25, 0.3) is 0 Å². The zero-order chi connectivity index (χ0) is 14.9. The molecule has 0 amide bonds. The summed E-state index contributed by atoms with van der Waals surface area (Å²) in [7, 11) is 3.73. The number of benzene rings is 1. The Labute approximate surface area is 127 Å². The summed E-state index contributed by atoms with van der Waals surface area (Å²) in [4.78, 5) is 0. The smallest absolute Gasteiger partial charge is 0.119 e. The molecule has 0 aliphatic heterocycles. The Hall–Kier alpha value is -1.10. The summed E-state index contributed by atoms with van der Waals surface area (Å²) in [5.41, 5.74) is 1.23. The van der Waals surface area contributed by atoms with E-state index in [1.54, 1.807) is 7.11 Å². The average Bonchev–Trinajstić information content (AvgIpc) is 2.52. The summed E-state index contributed by atoms with van der Waals surface area (Å²) >= 11 is 0. The molecule has 4 nitrogen and oxygen atoms in total. The van der Waals surface area contributed by atoms with E-state index in [0.29, 0.717) is 25.4 Å². The van der Waals surface area contributed by atoms with Gasteiger partial charge < -0.3 is 19.5 Å². The van der Waals surface area contributed by atoms with Gasteiger partial charge in [-0.1, -0.05) is 12.1 Å². The van der Waals surface area contributed by atoms with Crippen molar-refractivity contribution in [3.05, 3.63) is 29.8 Å². The summed E-state index contributed by atoms with van der Waals surface area (Å²) in [5.74, 6) is 0.907. The Kier molecular flexibility index (Phi) is 7.00. The van der Waals surface area contributed by atoms with Gasteiger partial charge in [-0.3, -0.25) is 0 Å². The molecule has 118 valence electrons. The molecule has 1 aliphatic rings. The SMILES string of the molecule is CNCc1cccc(OCCOC2CCCC(OC)C2)c1. The predicted octanol–water partition coefficient (Wildman–Crippen LogP) is 2.76. The van der Waals surface area contributed by atoms with Gasteiger partial charge in [0, 0.05) is 13.7 Å². The second-order valence-corrected chi connectivity index (χ2v) is 5.54. The molecule has 0 saturated heterocycles. The number of hydrogen-bond acceptors (Lipinski definition) is 4. The van der Waals surface area contributed by atoms with E-state index < -0.39 is 0 Å². The van der Waals surface area contributed by atoms with Crippen molar-refractivity contribution in [3.63, 3.8) is 0 Å². The zero-order valence-electron chi connectivity index (χ0n) is 13.1. The highest BCUT2D eigenvalue weighted by molar-refractivity contribution is 5.28. The highest BCUT2D eigenvalue weighted by Gasteiger charge is 2.21. The molecule has 2 unspecified atom stereocenters. The predicted molar refractivity (Wildman–Crippen MR) is 83.7 cm³/mol. The van der Waals surface area contributed by atoms with Crippen molar-refractivity contribution in [2.45, 2.75) is 44.4 Å². The maximum absolute atomic E-state index is 5.90. The quantitative estimate of drug-likeness (QED) is 0.748. The van der Waals surface area contributed by atoms with Crippen LogP contribution in [0.25, 0.3) is 0 Å². The Balaban J connectivity index is 1.66. The first kappa shape index (κ1) is 16.3. The Morgan fingerprint density at radius 1 is 1.19 bits per heavy atom. The van der Waals surface area contributed by atoms with Gasteiger partial charge in [0.2, 0.25) is 0 Å². The second kappa shape index (κ2) is 9.03. The summed E-state index contributed by atoms with van der Waals surface area (Å²) < 4.78 is 17.1. The Morgan fingerprint density at radius 2 is 2.05 bits per heavy atom. The molecule has 0 spiro atoms. The highest BCUT2D eigenvalue weighted by atomic mass is 16.5. The minimum Gasteiger partial charge on any atom is -0.491 e. The number of rotatable bonds is 8. The van der Waals surface area contributed by atoms with Gasteiger partial charge in [-0.15, -0.1) is 0 Å². The maximum atomic E-state index is 5.90. The molecule has 1 saturated carbocycles. The van der Waals surface area contributed by atoms with Crippen LogP contribution in [0.3, 0.4) is 0 Å². The van der Waals surface area contributed by atoms with Gasteiger partial charge in [-0.05, 0) is 50.4 Å². The fourth-order valence-electron chi connectivity index (χ4n) is 2.79. The van der Waals surface area contributed by atoms with Crippen molar-refractivity contribution < 1.29 is 14.2 Å². The summed E-state index contributed by atoms with van der Waals surface area (Å²) in [5, 5.41) is 3.14. The molecule has 1 aromatic rings. The van der Waals surface area contributed by atoms with Crippen LogP contribution >= 0.6 is 0 Å². The topological polar surface area (TPSA) is 39.7 Å². The van der Waals surface area contributed by atoms with Gasteiger partial charge in [0.05, 0.1) is 18.8 Å². The van der Waals surface area contributed by atoms with E-state index in [9.17, 15) is 0 Å². The summed E-state index contributed by atoms with van der Waals surface area (Å²) in [6, 6.07) is 8.17. The third-order valence-corrected chi connectivity index (χ3v) is 3.90. The van der Waals surface area contributed by atoms with Gasteiger partial charge in [-0.25, -0.2) is 0 Å². The van der Waals surface area contributed by atoms with Crippen LogP contribution < -0.4 is 10.1 Å².